The fourth-order valence-electron chi connectivity index (χ4n) is 3.01. The highest BCUT2D eigenvalue weighted by atomic mass is 16.6. The summed E-state index contributed by atoms with van der Waals surface area (Å²) < 4.78 is 6.90. The van der Waals surface area contributed by atoms with E-state index in [1.54, 1.807) is 25.5 Å². The van der Waals surface area contributed by atoms with Crippen LogP contribution in [0.25, 0.3) is 11.3 Å². The molecule has 0 radical (unpaired) electrons. The second kappa shape index (κ2) is 8.99. The zero-order chi connectivity index (χ0) is 23.6. The molecule has 172 valence electrons. The SMILES string of the molecule is CC(C)(C)OC(=O)N[C@@H](CO)Cn1cc(-c2cc(C(C)(C)C)cc(C(C)(C)C)c2)nn1. The zero-order valence-electron chi connectivity index (χ0n) is 20.4. The molecule has 0 fully saturated rings. The lowest BCUT2D eigenvalue weighted by Gasteiger charge is -2.26. The summed E-state index contributed by atoms with van der Waals surface area (Å²) in [5.74, 6) is 0. The number of ether oxygens (including phenoxy) is 1. The van der Waals surface area contributed by atoms with Gasteiger partial charge in [-0.1, -0.05) is 52.8 Å². The molecule has 0 aliphatic rings. The van der Waals surface area contributed by atoms with E-state index >= 15 is 0 Å². The first-order valence-electron chi connectivity index (χ1n) is 10.8. The summed E-state index contributed by atoms with van der Waals surface area (Å²) in [6, 6.07) is 6.05. The van der Waals surface area contributed by atoms with E-state index in [9.17, 15) is 9.90 Å². The molecule has 0 spiro atoms. The molecule has 7 heteroatoms. The fraction of sp³-hybridized carbons (Fsp3) is 0.625. The van der Waals surface area contributed by atoms with Crippen molar-refractivity contribution >= 4 is 6.09 Å². The number of aliphatic hydroxyl groups excluding tert-OH is 1. The Labute approximate surface area is 186 Å². The molecule has 1 aromatic carbocycles. The van der Waals surface area contributed by atoms with Crippen LogP contribution >= 0.6 is 0 Å². The lowest BCUT2D eigenvalue weighted by molar-refractivity contribution is 0.0474. The van der Waals surface area contributed by atoms with E-state index in [1.165, 1.54) is 11.1 Å². The molecule has 7 nitrogen and oxygen atoms in total. The number of nitrogens with zero attached hydrogens (tertiary/aromatic N) is 3. The van der Waals surface area contributed by atoms with Crippen LogP contribution in [0.15, 0.2) is 24.4 Å². The molecule has 1 aromatic heterocycles. The summed E-state index contributed by atoms with van der Waals surface area (Å²) in [6.07, 6.45) is 1.27. The van der Waals surface area contributed by atoms with Gasteiger partial charge in [-0.25, -0.2) is 9.48 Å². The van der Waals surface area contributed by atoms with Crippen molar-refractivity contribution in [1.29, 1.82) is 0 Å². The third-order valence-corrected chi connectivity index (χ3v) is 4.85. The Morgan fingerprint density at radius 1 is 1.03 bits per heavy atom. The monoisotopic (exact) mass is 430 g/mol. The van der Waals surface area contributed by atoms with Crippen molar-refractivity contribution < 1.29 is 14.6 Å². The van der Waals surface area contributed by atoms with Crippen LogP contribution < -0.4 is 5.32 Å². The average Bonchev–Trinajstić information content (AvgIpc) is 3.06. The van der Waals surface area contributed by atoms with E-state index in [0.29, 0.717) is 0 Å². The van der Waals surface area contributed by atoms with Crippen LogP contribution in [0.3, 0.4) is 0 Å². The van der Waals surface area contributed by atoms with Crippen molar-refractivity contribution in [3.05, 3.63) is 35.5 Å². The molecule has 1 atom stereocenters. The van der Waals surface area contributed by atoms with Crippen LogP contribution in [-0.4, -0.2) is 44.4 Å². The number of amides is 1. The highest BCUT2D eigenvalue weighted by Crippen LogP contribution is 2.33. The number of carbonyl (C=O) groups is 1. The number of hydrogen-bond donors (Lipinski definition) is 2. The van der Waals surface area contributed by atoms with Gasteiger partial charge in [0.25, 0.3) is 0 Å². The molecule has 0 saturated heterocycles. The molecule has 0 aliphatic carbocycles. The lowest BCUT2D eigenvalue weighted by atomic mass is 9.79. The van der Waals surface area contributed by atoms with E-state index in [1.807, 2.05) is 6.20 Å². The largest absolute Gasteiger partial charge is 0.444 e. The van der Waals surface area contributed by atoms with Crippen molar-refractivity contribution in [2.45, 2.75) is 91.3 Å². The number of nitrogens with one attached hydrogen (secondary N) is 1. The Morgan fingerprint density at radius 2 is 1.58 bits per heavy atom. The van der Waals surface area contributed by atoms with Crippen LogP contribution in [0.5, 0.6) is 0 Å². The smallest absolute Gasteiger partial charge is 0.408 e. The topological polar surface area (TPSA) is 89.3 Å². The van der Waals surface area contributed by atoms with Crippen LogP contribution in [0.1, 0.15) is 73.4 Å². The minimum absolute atomic E-state index is 0.00528. The fourth-order valence-corrected chi connectivity index (χ4v) is 3.01. The first-order chi connectivity index (χ1) is 14.1. The van der Waals surface area contributed by atoms with Crippen molar-refractivity contribution in [2.24, 2.45) is 0 Å². The highest BCUT2D eigenvalue weighted by molar-refractivity contribution is 5.68. The van der Waals surface area contributed by atoms with Gasteiger partial charge in [0, 0.05) is 5.56 Å². The van der Waals surface area contributed by atoms with E-state index in [0.717, 1.165) is 11.3 Å². The molecule has 1 heterocycles. The third kappa shape index (κ3) is 7.35. The minimum atomic E-state index is -0.604. The Kier molecular flexibility index (Phi) is 7.21. The molecule has 2 N–H and O–H groups in total. The standard InChI is InChI=1S/C24H38N4O3/c1-22(2,3)17-10-16(11-18(12-17)23(4,5)6)20-14-28(27-26-20)13-19(15-29)25-21(30)31-24(7,8)9/h10-12,14,19,29H,13,15H2,1-9H3,(H,25,30)/t19-/m1/s1. The molecular formula is C24H38N4O3. The molecule has 0 unspecified atom stereocenters. The van der Waals surface area contributed by atoms with Crippen molar-refractivity contribution in [3.63, 3.8) is 0 Å². The van der Waals surface area contributed by atoms with Crippen molar-refractivity contribution in [3.8, 4) is 11.3 Å². The van der Waals surface area contributed by atoms with Crippen LogP contribution in [0.4, 0.5) is 4.79 Å². The van der Waals surface area contributed by atoms with Gasteiger partial charge < -0.3 is 15.2 Å². The summed E-state index contributed by atoms with van der Waals surface area (Å²) in [6.45, 7) is 18.6. The van der Waals surface area contributed by atoms with E-state index < -0.39 is 17.7 Å². The van der Waals surface area contributed by atoms with Gasteiger partial charge in [0.1, 0.15) is 11.3 Å². The minimum Gasteiger partial charge on any atom is -0.444 e. The molecule has 0 bridgehead atoms. The Balaban J connectivity index is 2.26. The second-order valence-corrected chi connectivity index (χ2v) is 11.2. The molecule has 0 saturated carbocycles. The molecule has 0 aliphatic heterocycles. The van der Waals surface area contributed by atoms with Gasteiger partial charge in [0.15, 0.2) is 0 Å². The van der Waals surface area contributed by atoms with E-state index in [2.05, 4.69) is 75.4 Å². The Hall–Kier alpha value is -2.41. The molecular weight excluding hydrogens is 392 g/mol. The quantitative estimate of drug-likeness (QED) is 0.733. The maximum atomic E-state index is 12.0. The van der Waals surface area contributed by atoms with Gasteiger partial charge >= 0.3 is 6.09 Å². The van der Waals surface area contributed by atoms with Gasteiger partial charge in [0.05, 0.1) is 25.4 Å². The summed E-state index contributed by atoms with van der Waals surface area (Å²) in [7, 11) is 0. The predicted octanol–water partition coefficient (Wildman–Crippen LogP) is 4.43. The molecule has 2 aromatic rings. The van der Waals surface area contributed by atoms with Crippen molar-refractivity contribution in [2.75, 3.05) is 6.61 Å². The van der Waals surface area contributed by atoms with Crippen LogP contribution in [0, 0.1) is 0 Å². The zero-order valence-corrected chi connectivity index (χ0v) is 20.4. The summed E-state index contributed by atoms with van der Waals surface area (Å²) >= 11 is 0. The maximum Gasteiger partial charge on any atom is 0.408 e. The Morgan fingerprint density at radius 3 is 2.03 bits per heavy atom. The maximum absolute atomic E-state index is 12.0. The highest BCUT2D eigenvalue weighted by Gasteiger charge is 2.23. The van der Waals surface area contributed by atoms with E-state index in [-0.39, 0.29) is 24.0 Å². The first-order valence-corrected chi connectivity index (χ1v) is 10.8. The second-order valence-electron chi connectivity index (χ2n) is 11.2. The third-order valence-electron chi connectivity index (χ3n) is 4.85. The van der Waals surface area contributed by atoms with Gasteiger partial charge in [-0.05, 0) is 54.9 Å². The number of aromatic nitrogens is 3. The van der Waals surface area contributed by atoms with Gasteiger partial charge in [0.2, 0.25) is 0 Å². The van der Waals surface area contributed by atoms with Crippen LogP contribution in [-0.2, 0) is 22.1 Å². The van der Waals surface area contributed by atoms with Gasteiger partial charge in [-0.15, -0.1) is 5.10 Å². The number of hydrogen-bond acceptors (Lipinski definition) is 5. The number of alkyl carbamates (subject to hydrolysis) is 1. The molecule has 2 rings (SSSR count). The summed E-state index contributed by atoms with van der Waals surface area (Å²) in [5, 5.41) is 20.9. The van der Waals surface area contributed by atoms with Crippen molar-refractivity contribution in [1.82, 2.24) is 20.3 Å². The summed E-state index contributed by atoms with van der Waals surface area (Å²) in [4.78, 5) is 12.0. The summed E-state index contributed by atoms with van der Waals surface area (Å²) in [5.41, 5.74) is 3.65. The normalized spacial score (nSPS) is 13.7. The Bertz CT molecular complexity index is 867. The first kappa shape index (κ1) is 24.9. The number of rotatable bonds is 5. The number of carbonyl (C=O) groups excluding carboxylic acids is 1. The van der Waals surface area contributed by atoms with Crippen LogP contribution in [0.2, 0.25) is 0 Å². The number of aliphatic hydroxyl groups is 1. The van der Waals surface area contributed by atoms with Gasteiger partial charge in [-0.2, -0.15) is 0 Å². The lowest BCUT2D eigenvalue weighted by Crippen LogP contribution is -2.43. The number of benzene rings is 1. The molecule has 1 amide bonds. The predicted molar refractivity (Wildman–Crippen MR) is 123 cm³/mol. The molecule has 31 heavy (non-hydrogen) atoms. The van der Waals surface area contributed by atoms with Gasteiger partial charge in [-0.3, -0.25) is 0 Å². The van der Waals surface area contributed by atoms with E-state index in [4.69, 9.17) is 4.74 Å². The average molecular weight is 431 g/mol.